The van der Waals surface area contributed by atoms with Crippen LogP contribution in [0.2, 0.25) is 0 Å². The van der Waals surface area contributed by atoms with Crippen molar-refractivity contribution in [3.63, 3.8) is 0 Å². The van der Waals surface area contributed by atoms with Gasteiger partial charge in [-0.15, -0.1) is 6.42 Å². The lowest BCUT2D eigenvalue weighted by atomic mass is 9.82. The smallest absolute Gasteiger partial charge is 0.0290 e. The van der Waals surface area contributed by atoms with E-state index in [9.17, 15) is 0 Å². The fraction of sp³-hybridized carbons (Fsp3) is 0.304. The predicted molar refractivity (Wildman–Crippen MR) is 100 cm³/mol. The van der Waals surface area contributed by atoms with Gasteiger partial charge in [0.05, 0.1) is 0 Å². The van der Waals surface area contributed by atoms with Crippen molar-refractivity contribution in [2.75, 3.05) is 0 Å². The molecular formula is C23H23N. The highest BCUT2D eigenvalue weighted by Gasteiger charge is 2.33. The Balaban J connectivity index is 1.58. The predicted octanol–water partition coefficient (Wildman–Crippen LogP) is 4.88. The maximum Gasteiger partial charge on any atom is 0.0290 e. The largest absolute Gasteiger partial charge is 0.289 e. The standard InChI is InChI=1S/C23H23N/c1-2-18-11-13-20(14-12-18)21-15-22-9-6-10-23(16-21)24(22)17-19-7-4-3-5-8-19/h1,3-5,7-8,11-15,22-23H,6,9-10,16-17H2. The molecule has 0 spiro atoms. The summed E-state index contributed by atoms with van der Waals surface area (Å²) in [5, 5.41) is 0. The summed E-state index contributed by atoms with van der Waals surface area (Å²) in [4.78, 5) is 2.71. The summed E-state index contributed by atoms with van der Waals surface area (Å²) in [5.41, 5.74) is 5.22. The van der Waals surface area contributed by atoms with Gasteiger partial charge in [-0.2, -0.15) is 0 Å². The number of terminal acetylenes is 1. The first kappa shape index (κ1) is 15.2. The van der Waals surface area contributed by atoms with Crippen molar-refractivity contribution >= 4 is 5.57 Å². The lowest BCUT2D eigenvalue weighted by Gasteiger charge is -2.45. The van der Waals surface area contributed by atoms with Crippen LogP contribution in [-0.4, -0.2) is 17.0 Å². The Hall–Kier alpha value is -2.30. The van der Waals surface area contributed by atoms with Crippen LogP contribution in [0.1, 0.15) is 42.4 Å². The third-order valence-electron chi connectivity index (χ3n) is 5.41. The number of benzene rings is 2. The van der Waals surface area contributed by atoms with Crippen LogP contribution in [0.25, 0.3) is 5.57 Å². The Labute approximate surface area is 145 Å². The van der Waals surface area contributed by atoms with Gasteiger partial charge in [-0.3, -0.25) is 4.90 Å². The minimum atomic E-state index is 0.569. The topological polar surface area (TPSA) is 3.24 Å². The van der Waals surface area contributed by atoms with Gasteiger partial charge in [0.1, 0.15) is 0 Å². The van der Waals surface area contributed by atoms with Crippen LogP contribution in [0.5, 0.6) is 0 Å². The second-order valence-corrected chi connectivity index (χ2v) is 6.93. The van der Waals surface area contributed by atoms with Crippen LogP contribution in [0, 0.1) is 12.3 Å². The van der Waals surface area contributed by atoms with Crippen LogP contribution in [0.4, 0.5) is 0 Å². The Kier molecular flexibility index (Phi) is 4.24. The zero-order valence-corrected chi connectivity index (χ0v) is 14.0. The minimum absolute atomic E-state index is 0.569. The molecule has 1 heteroatoms. The Morgan fingerprint density at radius 2 is 1.79 bits per heavy atom. The molecule has 2 unspecified atom stereocenters. The van der Waals surface area contributed by atoms with Crippen molar-refractivity contribution in [1.82, 2.24) is 4.90 Å². The van der Waals surface area contributed by atoms with Gasteiger partial charge in [-0.05, 0) is 48.1 Å². The number of rotatable bonds is 3. The first-order chi connectivity index (χ1) is 11.8. The fourth-order valence-electron chi connectivity index (χ4n) is 4.15. The highest BCUT2D eigenvalue weighted by atomic mass is 15.2. The van der Waals surface area contributed by atoms with Gasteiger partial charge in [0.25, 0.3) is 0 Å². The van der Waals surface area contributed by atoms with E-state index in [1.54, 1.807) is 0 Å². The molecule has 2 aromatic rings. The third-order valence-corrected chi connectivity index (χ3v) is 5.41. The van der Waals surface area contributed by atoms with Gasteiger partial charge >= 0.3 is 0 Å². The summed E-state index contributed by atoms with van der Waals surface area (Å²) in [6.07, 6.45) is 13.1. The van der Waals surface area contributed by atoms with E-state index in [-0.39, 0.29) is 0 Å². The Morgan fingerprint density at radius 1 is 1.00 bits per heavy atom. The molecule has 2 aliphatic rings. The number of nitrogens with zero attached hydrogens (tertiary/aromatic N) is 1. The van der Waals surface area contributed by atoms with E-state index in [1.807, 2.05) is 0 Å². The van der Waals surface area contributed by atoms with Crippen molar-refractivity contribution in [3.8, 4) is 12.3 Å². The first-order valence-electron chi connectivity index (χ1n) is 8.91. The van der Waals surface area contributed by atoms with E-state index in [1.165, 1.54) is 36.0 Å². The molecule has 2 aliphatic heterocycles. The molecule has 120 valence electrons. The molecule has 1 saturated heterocycles. The molecule has 1 nitrogen and oxygen atoms in total. The Bertz CT molecular complexity index is 764. The van der Waals surface area contributed by atoms with Crippen molar-refractivity contribution < 1.29 is 0 Å². The molecule has 0 amide bonds. The molecule has 2 aromatic carbocycles. The molecule has 2 bridgehead atoms. The van der Waals surface area contributed by atoms with E-state index >= 15 is 0 Å². The summed E-state index contributed by atoms with van der Waals surface area (Å²) in [5.74, 6) is 2.70. The SMILES string of the molecule is C#Cc1ccc(C2=CC3CCCC(C2)N3Cc2ccccc2)cc1. The lowest BCUT2D eigenvalue weighted by molar-refractivity contribution is 0.0951. The highest BCUT2D eigenvalue weighted by molar-refractivity contribution is 5.68. The van der Waals surface area contributed by atoms with Crippen LogP contribution < -0.4 is 0 Å². The van der Waals surface area contributed by atoms with Crippen LogP contribution >= 0.6 is 0 Å². The quantitative estimate of drug-likeness (QED) is 0.730. The van der Waals surface area contributed by atoms with E-state index in [0.29, 0.717) is 12.1 Å². The number of hydrogen-bond acceptors (Lipinski definition) is 1. The number of hydrogen-bond donors (Lipinski definition) is 0. The molecule has 4 rings (SSSR count). The monoisotopic (exact) mass is 313 g/mol. The van der Waals surface area contributed by atoms with Gasteiger partial charge in [0.15, 0.2) is 0 Å². The maximum absolute atomic E-state index is 5.47. The van der Waals surface area contributed by atoms with Gasteiger partial charge in [-0.25, -0.2) is 0 Å². The van der Waals surface area contributed by atoms with Gasteiger partial charge in [-0.1, -0.05) is 60.9 Å². The van der Waals surface area contributed by atoms with Crippen molar-refractivity contribution in [2.24, 2.45) is 0 Å². The normalized spacial score (nSPS) is 23.4. The van der Waals surface area contributed by atoms with Gasteiger partial charge < -0.3 is 0 Å². The number of fused-ring (bicyclic) bond motifs is 2. The lowest BCUT2D eigenvalue weighted by Crippen LogP contribution is -2.47. The summed E-state index contributed by atoms with van der Waals surface area (Å²) in [6, 6.07) is 20.6. The molecule has 2 heterocycles. The molecule has 24 heavy (non-hydrogen) atoms. The summed E-state index contributed by atoms with van der Waals surface area (Å²) >= 11 is 0. The molecule has 0 radical (unpaired) electrons. The maximum atomic E-state index is 5.47. The molecule has 1 fully saturated rings. The van der Waals surface area contributed by atoms with Crippen molar-refractivity contribution in [1.29, 1.82) is 0 Å². The van der Waals surface area contributed by atoms with Crippen LogP contribution in [-0.2, 0) is 6.54 Å². The summed E-state index contributed by atoms with van der Waals surface area (Å²) < 4.78 is 0. The minimum Gasteiger partial charge on any atom is -0.289 e. The summed E-state index contributed by atoms with van der Waals surface area (Å²) in [6.45, 7) is 1.07. The molecule has 0 aromatic heterocycles. The average Bonchev–Trinajstić information content (AvgIpc) is 2.62. The highest BCUT2D eigenvalue weighted by Crippen LogP contribution is 2.37. The van der Waals surface area contributed by atoms with Crippen molar-refractivity contribution in [2.45, 2.75) is 44.3 Å². The molecule has 0 saturated carbocycles. The van der Waals surface area contributed by atoms with E-state index in [2.05, 4.69) is 71.5 Å². The average molecular weight is 313 g/mol. The Morgan fingerprint density at radius 3 is 2.50 bits per heavy atom. The number of piperidine rings is 1. The third kappa shape index (κ3) is 3.03. The van der Waals surface area contributed by atoms with E-state index < -0.39 is 0 Å². The molecular weight excluding hydrogens is 290 g/mol. The summed E-state index contributed by atoms with van der Waals surface area (Å²) in [7, 11) is 0. The van der Waals surface area contributed by atoms with E-state index in [4.69, 9.17) is 6.42 Å². The molecule has 0 N–H and O–H groups in total. The second kappa shape index (κ2) is 6.67. The fourth-order valence-corrected chi connectivity index (χ4v) is 4.15. The van der Waals surface area contributed by atoms with Crippen molar-refractivity contribution in [3.05, 3.63) is 77.4 Å². The van der Waals surface area contributed by atoms with Crippen LogP contribution in [0.15, 0.2) is 60.7 Å². The molecule has 2 atom stereocenters. The zero-order chi connectivity index (χ0) is 16.4. The second-order valence-electron chi connectivity index (χ2n) is 6.93. The molecule has 0 aliphatic carbocycles. The van der Waals surface area contributed by atoms with Gasteiger partial charge in [0.2, 0.25) is 0 Å². The first-order valence-corrected chi connectivity index (χ1v) is 8.91. The van der Waals surface area contributed by atoms with Crippen LogP contribution in [0.3, 0.4) is 0 Å². The zero-order valence-electron chi connectivity index (χ0n) is 14.0. The van der Waals surface area contributed by atoms with Gasteiger partial charge in [0, 0.05) is 24.2 Å². The van der Waals surface area contributed by atoms with E-state index in [0.717, 1.165) is 18.5 Å².